The van der Waals surface area contributed by atoms with Crippen molar-refractivity contribution < 1.29 is 9.47 Å². The molecule has 3 aromatic rings. The first kappa shape index (κ1) is 14.7. The highest BCUT2D eigenvalue weighted by Gasteiger charge is 2.14. The number of ether oxygens (including phenoxy) is 2. The number of hydrogen-bond acceptors (Lipinski definition) is 5. The van der Waals surface area contributed by atoms with Crippen LogP contribution >= 0.6 is 0 Å². The van der Waals surface area contributed by atoms with Gasteiger partial charge < -0.3 is 15.2 Å². The first-order chi connectivity index (χ1) is 11.2. The number of nitrogen functional groups attached to an aromatic ring is 1. The second kappa shape index (κ2) is 5.85. The lowest BCUT2D eigenvalue weighted by Gasteiger charge is -2.12. The Bertz CT molecular complexity index is 929. The summed E-state index contributed by atoms with van der Waals surface area (Å²) in [5.74, 6) is 3.82. The topological polar surface area (TPSA) is 70.3 Å². The van der Waals surface area contributed by atoms with E-state index in [-0.39, 0.29) is 0 Å². The number of hydrogen-bond donors (Lipinski definition) is 1. The number of nitrogens with two attached hydrogens (primary N) is 1. The predicted molar refractivity (Wildman–Crippen MR) is 90.4 cm³/mol. The molecule has 0 aliphatic carbocycles. The molecule has 1 heterocycles. The summed E-state index contributed by atoms with van der Waals surface area (Å²) in [5, 5.41) is 0.811. The summed E-state index contributed by atoms with van der Waals surface area (Å²) in [6.07, 6.45) is 6.97. The second-order valence-electron chi connectivity index (χ2n) is 4.89. The normalized spacial score (nSPS) is 10.3. The molecule has 0 saturated heterocycles. The highest BCUT2D eigenvalue weighted by molar-refractivity contribution is 5.97. The van der Waals surface area contributed by atoms with Gasteiger partial charge in [-0.25, -0.2) is 9.97 Å². The Kier molecular flexibility index (Phi) is 3.73. The van der Waals surface area contributed by atoms with E-state index in [4.69, 9.17) is 21.6 Å². The highest BCUT2D eigenvalue weighted by atomic mass is 16.5. The summed E-state index contributed by atoms with van der Waals surface area (Å²) < 4.78 is 10.7. The molecule has 0 radical (unpaired) electrons. The quantitative estimate of drug-likeness (QED) is 0.595. The van der Waals surface area contributed by atoms with E-state index in [0.717, 1.165) is 22.0 Å². The van der Waals surface area contributed by atoms with Crippen molar-refractivity contribution in [1.29, 1.82) is 0 Å². The SMILES string of the molecule is C#Cc1ccc(N)c(-c2ncnc3cc(OC)c(OC)cc23)c1. The molecule has 0 unspecified atom stereocenters. The van der Waals surface area contributed by atoms with Crippen LogP contribution in [-0.4, -0.2) is 24.2 Å². The van der Waals surface area contributed by atoms with Crippen molar-refractivity contribution in [3.63, 3.8) is 0 Å². The second-order valence-corrected chi connectivity index (χ2v) is 4.89. The Morgan fingerprint density at radius 2 is 1.78 bits per heavy atom. The Labute approximate surface area is 134 Å². The van der Waals surface area contributed by atoms with E-state index in [9.17, 15) is 0 Å². The predicted octanol–water partition coefficient (Wildman–Crippen LogP) is 2.88. The molecule has 0 aliphatic rings. The first-order valence-electron chi connectivity index (χ1n) is 6.91. The molecular weight excluding hydrogens is 290 g/mol. The van der Waals surface area contributed by atoms with Gasteiger partial charge in [-0.3, -0.25) is 0 Å². The summed E-state index contributed by atoms with van der Waals surface area (Å²) >= 11 is 0. The molecule has 0 bridgehead atoms. The van der Waals surface area contributed by atoms with E-state index in [2.05, 4.69) is 15.9 Å². The number of terminal acetylenes is 1. The summed E-state index contributed by atoms with van der Waals surface area (Å²) in [6, 6.07) is 9.06. The van der Waals surface area contributed by atoms with Crippen LogP contribution in [0.25, 0.3) is 22.2 Å². The van der Waals surface area contributed by atoms with E-state index in [1.54, 1.807) is 32.4 Å². The van der Waals surface area contributed by atoms with Crippen LogP contribution in [0.1, 0.15) is 5.56 Å². The number of rotatable bonds is 3. The molecule has 5 heteroatoms. The van der Waals surface area contributed by atoms with Crippen molar-refractivity contribution in [2.24, 2.45) is 0 Å². The fourth-order valence-corrected chi connectivity index (χ4v) is 2.45. The number of methoxy groups -OCH3 is 2. The van der Waals surface area contributed by atoms with Gasteiger partial charge in [0.25, 0.3) is 0 Å². The molecule has 0 atom stereocenters. The fraction of sp³-hybridized carbons (Fsp3) is 0.111. The lowest BCUT2D eigenvalue weighted by molar-refractivity contribution is 0.356. The fourth-order valence-electron chi connectivity index (χ4n) is 2.45. The van der Waals surface area contributed by atoms with Crippen molar-refractivity contribution in [2.75, 3.05) is 20.0 Å². The molecule has 0 amide bonds. The molecule has 0 aliphatic heterocycles. The third kappa shape index (κ3) is 2.51. The summed E-state index contributed by atoms with van der Waals surface area (Å²) in [7, 11) is 3.17. The summed E-state index contributed by atoms with van der Waals surface area (Å²) in [5.41, 5.74) is 9.64. The molecule has 3 rings (SSSR count). The molecule has 0 fully saturated rings. The molecule has 2 aromatic carbocycles. The summed E-state index contributed by atoms with van der Waals surface area (Å²) in [4.78, 5) is 8.68. The van der Waals surface area contributed by atoms with Crippen LogP contribution in [0.2, 0.25) is 0 Å². The maximum atomic E-state index is 6.11. The number of fused-ring (bicyclic) bond motifs is 1. The standard InChI is InChI=1S/C18H15N3O2/c1-4-11-5-6-14(19)12(7-11)18-13-8-16(22-2)17(23-3)9-15(13)20-10-21-18/h1,5-10H,19H2,2-3H3. The Morgan fingerprint density at radius 3 is 2.48 bits per heavy atom. The minimum absolute atomic E-state index is 0.596. The maximum absolute atomic E-state index is 6.11. The van der Waals surface area contributed by atoms with Gasteiger partial charge in [0.2, 0.25) is 0 Å². The van der Waals surface area contributed by atoms with Gasteiger partial charge in [-0.05, 0) is 24.3 Å². The number of nitrogens with zero attached hydrogens (tertiary/aromatic N) is 2. The Hall–Kier alpha value is -3.26. The molecular formula is C18H15N3O2. The smallest absolute Gasteiger partial charge is 0.162 e. The van der Waals surface area contributed by atoms with Gasteiger partial charge in [0.05, 0.1) is 25.4 Å². The minimum atomic E-state index is 0.596. The van der Waals surface area contributed by atoms with Gasteiger partial charge in [0, 0.05) is 28.3 Å². The van der Waals surface area contributed by atoms with Gasteiger partial charge in [0.15, 0.2) is 11.5 Å². The Morgan fingerprint density at radius 1 is 1.04 bits per heavy atom. The zero-order valence-electron chi connectivity index (χ0n) is 12.8. The summed E-state index contributed by atoms with van der Waals surface area (Å²) in [6.45, 7) is 0. The molecule has 1 aromatic heterocycles. The molecule has 23 heavy (non-hydrogen) atoms. The number of aromatic nitrogens is 2. The average molecular weight is 305 g/mol. The van der Waals surface area contributed by atoms with Crippen LogP contribution in [0.5, 0.6) is 11.5 Å². The van der Waals surface area contributed by atoms with Crippen molar-refractivity contribution in [3.05, 3.63) is 42.2 Å². The monoisotopic (exact) mass is 305 g/mol. The van der Waals surface area contributed by atoms with Crippen LogP contribution in [0, 0.1) is 12.3 Å². The number of anilines is 1. The third-order valence-corrected chi connectivity index (χ3v) is 3.62. The van der Waals surface area contributed by atoms with E-state index in [0.29, 0.717) is 22.9 Å². The molecule has 5 nitrogen and oxygen atoms in total. The van der Waals surface area contributed by atoms with Gasteiger partial charge in [0.1, 0.15) is 6.33 Å². The first-order valence-corrected chi connectivity index (χ1v) is 6.91. The van der Waals surface area contributed by atoms with E-state index >= 15 is 0 Å². The minimum Gasteiger partial charge on any atom is -0.493 e. The van der Waals surface area contributed by atoms with Crippen molar-refractivity contribution in [1.82, 2.24) is 9.97 Å². The van der Waals surface area contributed by atoms with Gasteiger partial charge >= 0.3 is 0 Å². The third-order valence-electron chi connectivity index (χ3n) is 3.62. The van der Waals surface area contributed by atoms with Crippen molar-refractivity contribution in [2.45, 2.75) is 0 Å². The average Bonchev–Trinajstić information content (AvgIpc) is 2.60. The van der Waals surface area contributed by atoms with E-state index < -0.39 is 0 Å². The van der Waals surface area contributed by atoms with Crippen molar-refractivity contribution >= 4 is 16.6 Å². The Balaban J connectivity index is 2.32. The lowest BCUT2D eigenvalue weighted by atomic mass is 10.0. The van der Waals surface area contributed by atoms with E-state index in [1.165, 1.54) is 6.33 Å². The van der Waals surface area contributed by atoms with Crippen LogP contribution in [0.3, 0.4) is 0 Å². The van der Waals surface area contributed by atoms with Crippen LogP contribution in [0.15, 0.2) is 36.7 Å². The molecule has 114 valence electrons. The number of benzene rings is 2. The van der Waals surface area contributed by atoms with Gasteiger partial charge in [-0.2, -0.15) is 0 Å². The maximum Gasteiger partial charge on any atom is 0.162 e. The van der Waals surface area contributed by atoms with E-state index in [1.807, 2.05) is 12.1 Å². The van der Waals surface area contributed by atoms with Crippen molar-refractivity contribution in [3.8, 4) is 35.1 Å². The molecule has 0 spiro atoms. The van der Waals surface area contributed by atoms with Gasteiger partial charge in [-0.15, -0.1) is 6.42 Å². The van der Waals surface area contributed by atoms with Crippen LogP contribution in [-0.2, 0) is 0 Å². The molecule has 2 N–H and O–H groups in total. The highest BCUT2D eigenvalue weighted by Crippen LogP contribution is 2.36. The van der Waals surface area contributed by atoms with Gasteiger partial charge in [-0.1, -0.05) is 5.92 Å². The largest absolute Gasteiger partial charge is 0.493 e. The zero-order chi connectivity index (χ0) is 16.4. The zero-order valence-corrected chi connectivity index (χ0v) is 12.8. The van der Waals surface area contributed by atoms with Crippen LogP contribution in [0.4, 0.5) is 5.69 Å². The van der Waals surface area contributed by atoms with Crippen LogP contribution < -0.4 is 15.2 Å². The molecule has 0 saturated carbocycles. The lowest BCUT2D eigenvalue weighted by Crippen LogP contribution is -1.97.